The van der Waals surface area contributed by atoms with Crippen LogP contribution in [0, 0.1) is 6.92 Å². The average Bonchev–Trinajstić information content (AvgIpc) is 2.33. The maximum Gasteiger partial charge on any atom is 0.226 e. The lowest BCUT2D eigenvalue weighted by molar-refractivity contribution is 0.387. The minimum atomic E-state index is 0.435. The molecule has 5 heteroatoms. The number of benzene rings is 1. The Morgan fingerprint density at radius 1 is 1.12 bits per heavy atom. The summed E-state index contributed by atoms with van der Waals surface area (Å²) in [5.41, 5.74) is 7.32. The van der Waals surface area contributed by atoms with Crippen LogP contribution in [0.25, 0.3) is 0 Å². The highest BCUT2D eigenvalue weighted by molar-refractivity contribution is 5.48. The highest BCUT2D eigenvalue weighted by atomic mass is 16.5. The summed E-state index contributed by atoms with van der Waals surface area (Å²) in [6.07, 6.45) is 1.39. The maximum absolute atomic E-state index is 5.67. The second-order valence-corrected chi connectivity index (χ2v) is 3.53. The van der Waals surface area contributed by atoms with E-state index in [1.165, 1.54) is 6.33 Å². The Morgan fingerprint density at radius 3 is 2.59 bits per heavy atom. The number of anilines is 1. The highest BCUT2D eigenvalue weighted by Crippen LogP contribution is 2.26. The normalized spacial score (nSPS) is 10.0. The Kier molecular flexibility index (Phi) is 3.09. The topological polar surface area (TPSA) is 70.3 Å². The number of hydrogen-bond acceptors (Lipinski definition) is 5. The Labute approximate surface area is 99.2 Å². The fourth-order valence-corrected chi connectivity index (χ4v) is 1.39. The first-order valence-corrected chi connectivity index (χ1v) is 5.09. The van der Waals surface area contributed by atoms with Crippen molar-refractivity contribution >= 4 is 5.69 Å². The molecule has 2 N–H and O–H groups in total. The van der Waals surface area contributed by atoms with Gasteiger partial charge >= 0.3 is 0 Å². The first-order valence-electron chi connectivity index (χ1n) is 5.09. The number of hydrogen-bond donors (Lipinski definition) is 1. The molecule has 0 saturated carbocycles. The largest absolute Gasteiger partial charge is 0.481 e. The molecule has 0 atom stereocenters. The molecule has 1 aromatic carbocycles. The fraction of sp³-hybridized carbons (Fsp3) is 0.167. The zero-order chi connectivity index (χ0) is 12.3. The number of ether oxygens (including phenoxy) is 2. The molecule has 0 aliphatic rings. The lowest BCUT2D eigenvalue weighted by Gasteiger charge is -2.08. The van der Waals surface area contributed by atoms with Crippen molar-refractivity contribution in [2.24, 2.45) is 0 Å². The summed E-state index contributed by atoms with van der Waals surface area (Å²) in [5, 5.41) is 0. The number of nitrogens with zero attached hydrogens (tertiary/aromatic N) is 2. The molecule has 0 fully saturated rings. The molecule has 0 unspecified atom stereocenters. The Balaban J connectivity index is 2.25. The maximum atomic E-state index is 5.67. The van der Waals surface area contributed by atoms with Gasteiger partial charge in [0, 0.05) is 5.69 Å². The molecule has 88 valence electrons. The van der Waals surface area contributed by atoms with E-state index in [-0.39, 0.29) is 0 Å². The van der Waals surface area contributed by atoms with E-state index in [0.29, 0.717) is 23.2 Å². The van der Waals surface area contributed by atoms with Gasteiger partial charge in [0.25, 0.3) is 0 Å². The number of rotatable bonds is 3. The molecule has 2 rings (SSSR count). The number of methoxy groups -OCH3 is 1. The molecule has 1 heterocycles. The van der Waals surface area contributed by atoms with Crippen molar-refractivity contribution in [1.82, 2.24) is 9.97 Å². The van der Waals surface area contributed by atoms with Crippen LogP contribution < -0.4 is 15.2 Å². The third-order valence-corrected chi connectivity index (χ3v) is 2.24. The molecule has 0 amide bonds. The Hall–Kier alpha value is -2.30. The van der Waals surface area contributed by atoms with Gasteiger partial charge in [-0.1, -0.05) is 0 Å². The van der Waals surface area contributed by atoms with E-state index in [1.807, 2.05) is 13.0 Å². The van der Waals surface area contributed by atoms with Gasteiger partial charge in [0.05, 0.1) is 13.2 Å². The summed E-state index contributed by atoms with van der Waals surface area (Å²) in [4.78, 5) is 7.90. The molecule has 0 radical (unpaired) electrons. The SMILES string of the molecule is COc1cc(Oc2ccc(N)cc2C)ncn1. The highest BCUT2D eigenvalue weighted by Gasteiger charge is 2.04. The van der Waals surface area contributed by atoms with Crippen molar-refractivity contribution in [3.8, 4) is 17.5 Å². The van der Waals surface area contributed by atoms with E-state index < -0.39 is 0 Å². The van der Waals surface area contributed by atoms with Gasteiger partial charge < -0.3 is 15.2 Å². The van der Waals surface area contributed by atoms with Gasteiger partial charge in [0.1, 0.15) is 12.1 Å². The van der Waals surface area contributed by atoms with Gasteiger partial charge in [-0.15, -0.1) is 0 Å². The smallest absolute Gasteiger partial charge is 0.226 e. The predicted octanol–water partition coefficient (Wildman–Crippen LogP) is 2.17. The number of aromatic nitrogens is 2. The first kappa shape index (κ1) is 11.2. The van der Waals surface area contributed by atoms with Crippen LogP contribution in [0.2, 0.25) is 0 Å². The van der Waals surface area contributed by atoms with Gasteiger partial charge in [-0.3, -0.25) is 0 Å². The minimum Gasteiger partial charge on any atom is -0.481 e. The van der Waals surface area contributed by atoms with Crippen molar-refractivity contribution in [1.29, 1.82) is 0 Å². The number of nitrogens with two attached hydrogens (primary N) is 1. The molecule has 0 bridgehead atoms. The first-order chi connectivity index (χ1) is 8.19. The van der Waals surface area contributed by atoms with Crippen LogP contribution in [-0.2, 0) is 0 Å². The summed E-state index contributed by atoms with van der Waals surface area (Å²) < 4.78 is 10.6. The third-order valence-electron chi connectivity index (χ3n) is 2.24. The van der Waals surface area contributed by atoms with Gasteiger partial charge in [-0.05, 0) is 30.7 Å². The summed E-state index contributed by atoms with van der Waals surface area (Å²) >= 11 is 0. The van der Waals surface area contributed by atoms with Crippen LogP contribution >= 0.6 is 0 Å². The van der Waals surface area contributed by atoms with Crippen LogP contribution in [0.5, 0.6) is 17.5 Å². The zero-order valence-corrected chi connectivity index (χ0v) is 9.68. The molecule has 0 aliphatic carbocycles. The van der Waals surface area contributed by atoms with E-state index in [9.17, 15) is 0 Å². The molecule has 2 aromatic rings. The third kappa shape index (κ3) is 2.63. The van der Waals surface area contributed by atoms with Crippen LogP contribution in [-0.4, -0.2) is 17.1 Å². The standard InChI is InChI=1S/C12H13N3O2/c1-8-5-9(13)3-4-10(8)17-12-6-11(16-2)14-7-15-12/h3-7H,13H2,1-2H3. The lowest BCUT2D eigenvalue weighted by atomic mass is 10.2. The number of nitrogen functional groups attached to an aromatic ring is 1. The summed E-state index contributed by atoms with van der Waals surface area (Å²) in [7, 11) is 1.54. The van der Waals surface area contributed by atoms with E-state index >= 15 is 0 Å². The van der Waals surface area contributed by atoms with Crippen molar-refractivity contribution in [3.63, 3.8) is 0 Å². The Morgan fingerprint density at radius 2 is 1.88 bits per heavy atom. The predicted molar refractivity (Wildman–Crippen MR) is 64.2 cm³/mol. The summed E-state index contributed by atoms with van der Waals surface area (Å²) in [6.45, 7) is 1.92. The van der Waals surface area contributed by atoms with E-state index in [4.69, 9.17) is 15.2 Å². The average molecular weight is 231 g/mol. The summed E-state index contributed by atoms with van der Waals surface area (Å²) in [6, 6.07) is 7.05. The number of aryl methyl sites for hydroxylation is 1. The molecule has 0 saturated heterocycles. The molecule has 0 spiro atoms. The van der Waals surface area contributed by atoms with Crippen molar-refractivity contribution in [2.75, 3.05) is 12.8 Å². The van der Waals surface area contributed by atoms with Gasteiger partial charge in [-0.2, -0.15) is 0 Å². The summed E-state index contributed by atoms with van der Waals surface area (Å²) in [5.74, 6) is 1.60. The molecular weight excluding hydrogens is 218 g/mol. The van der Waals surface area contributed by atoms with Crippen LogP contribution in [0.3, 0.4) is 0 Å². The molecule has 0 aliphatic heterocycles. The molecule has 1 aromatic heterocycles. The molecular formula is C12H13N3O2. The van der Waals surface area contributed by atoms with E-state index in [1.54, 1.807) is 25.3 Å². The van der Waals surface area contributed by atoms with Crippen molar-refractivity contribution in [2.45, 2.75) is 6.92 Å². The fourth-order valence-electron chi connectivity index (χ4n) is 1.39. The second kappa shape index (κ2) is 4.69. The lowest BCUT2D eigenvalue weighted by Crippen LogP contribution is -1.94. The van der Waals surface area contributed by atoms with E-state index in [2.05, 4.69) is 9.97 Å². The minimum absolute atomic E-state index is 0.435. The van der Waals surface area contributed by atoms with Crippen LogP contribution in [0.4, 0.5) is 5.69 Å². The molecule has 5 nitrogen and oxygen atoms in total. The Bertz CT molecular complexity index is 529. The van der Waals surface area contributed by atoms with Gasteiger partial charge in [0.2, 0.25) is 11.8 Å². The quantitative estimate of drug-likeness (QED) is 0.820. The van der Waals surface area contributed by atoms with Crippen molar-refractivity contribution < 1.29 is 9.47 Å². The monoisotopic (exact) mass is 231 g/mol. The zero-order valence-electron chi connectivity index (χ0n) is 9.68. The van der Waals surface area contributed by atoms with E-state index in [0.717, 1.165) is 5.56 Å². The molecule has 17 heavy (non-hydrogen) atoms. The van der Waals surface area contributed by atoms with Crippen LogP contribution in [0.15, 0.2) is 30.6 Å². The van der Waals surface area contributed by atoms with Gasteiger partial charge in [-0.25, -0.2) is 9.97 Å². The van der Waals surface area contributed by atoms with Crippen LogP contribution in [0.1, 0.15) is 5.56 Å². The van der Waals surface area contributed by atoms with Crippen molar-refractivity contribution in [3.05, 3.63) is 36.2 Å². The second-order valence-electron chi connectivity index (χ2n) is 3.53. The van der Waals surface area contributed by atoms with Gasteiger partial charge in [0.15, 0.2) is 0 Å².